The van der Waals surface area contributed by atoms with E-state index < -0.39 is 12.3 Å². The molecule has 6 heteroatoms. The van der Waals surface area contributed by atoms with Crippen LogP contribution in [0.5, 0.6) is 0 Å². The number of unbranched alkanes of at least 4 members (excludes halogenated alkanes) is 13. The zero-order valence-electron chi connectivity index (χ0n) is 18.3. The second-order valence-electron chi connectivity index (χ2n) is 8.20. The van der Waals surface area contributed by atoms with Crippen LogP contribution in [0.3, 0.4) is 0 Å². The van der Waals surface area contributed by atoms with E-state index in [-0.39, 0.29) is 12.7 Å². The summed E-state index contributed by atoms with van der Waals surface area (Å²) in [5.41, 5.74) is 0. The maximum Gasteiger partial charge on any atom is 0.328 e. The van der Waals surface area contributed by atoms with Crippen LogP contribution in [-0.4, -0.2) is 43.0 Å². The van der Waals surface area contributed by atoms with Crippen LogP contribution in [0, 0.1) is 0 Å². The number of quaternary nitrogens is 1. The molecule has 0 heterocycles. The summed E-state index contributed by atoms with van der Waals surface area (Å²) < 4.78 is 29.7. The maximum absolute atomic E-state index is 14.3. The lowest BCUT2D eigenvalue weighted by Gasteiger charge is -2.21. The minimum absolute atomic E-state index is 0.0278. The first kappa shape index (κ1) is 27.0. The Bertz CT molecular complexity index is 380. The SMILES string of the molecule is CCCCCCCCCCCCCCCC[N+](C)(F)CCCP(=O)(O)OC. The van der Waals surface area contributed by atoms with E-state index in [0.29, 0.717) is 13.0 Å². The quantitative estimate of drug-likeness (QED) is 0.133. The Balaban J connectivity index is 3.39. The highest BCUT2D eigenvalue weighted by Gasteiger charge is 2.24. The van der Waals surface area contributed by atoms with E-state index >= 15 is 0 Å². The molecule has 164 valence electrons. The van der Waals surface area contributed by atoms with Crippen LogP contribution in [0.4, 0.5) is 4.48 Å². The molecule has 2 unspecified atom stereocenters. The van der Waals surface area contributed by atoms with Gasteiger partial charge in [-0.05, 0) is 17.3 Å². The first-order valence-corrected chi connectivity index (χ1v) is 13.0. The Labute approximate surface area is 167 Å². The molecule has 0 saturated carbocycles. The Morgan fingerprint density at radius 1 is 0.778 bits per heavy atom. The van der Waals surface area contributed by atoms with Gasteiger partial charge in [0.1, 0.15) is 20.1 Å². The van der Waals surface area contributed by atoms with Crippen LogP contribution >= 0.6 is 7.60 Å². The third kappa shape index (κ3) is 19.1. The summed E-state index contributed by atoms with van der Waals surface area (Å²) >= 11 is 0. The molecule has 4 nitrogen and oxygen atoms in total. The van der Waals surface area contributed by atoms with Crippen molar-refractivity contribution in [3.63, 3.8) is 0 Å². The average Bonchev–Trinajstić information content (AvgIpc) is 2.61. The van der Waals surface area contributed by atoms with E-state index in [1.165, 1.54) is 84.2 Å². The molecule has 0 spiro atoms. The maximum atomic E-state index is 14.3. The Morgan fingerprint density at radius 2 is 1.15 bits per heavy atom. The van der Waals surface area contributed by atoms with E-state index in [4.69, 9.17) is 0 Å². The summed E-state index contributed by atoms with van der Waals surface area (Å²) in [4.78, 5) is 9.33. The molecule has 0 aliphatic heterocycles. The summed E-state index contributed by atoms with van der Waals surface area (Å²) in [6, 6.07) is 0. The fraction of sp³-hybridized carbons (Fsp3) is 1.00. The van der Waals surface area contributed by atoms with Crippen molar-refractivity contribution >= 4 is 7.60 Å². The van der Waals surface area contributed by atoms with Crippen molar-refractivity contribution in [1.82, 2.24) is 0 Å². The fourth-order valence-corrected chi connectivity index (χ4v) is 4.16. The largest absolute Gasteiger partial charge is 0.328 e. The van der Waals surface area contributed by atoms with E-state index in [1.807, 2.05) is 0 Å². The van der Waals surface area contributed by atoms with Gasteiger partial charge in [-0.1, -0.05) is 84.0 Å². The van der Waals surface area contributed by atoms with Crippen LogP contribution in [-0.2, 0) is 9.09 Å². The number of hydrogen-bond acceptors (Lipinski definition) is 2. The van der Waals surface area contributed by atoms with Gasteiger partial charge in [-0.25, -0.2) is 0 Å². The molecular weight excluding hydrogens is 364 g/mol. The van der Waals surface area contributed by atoms with Crippen molar-refractivity contribution in [3.8, 4) is 0 Å². The second-order valence-corrected chi connectivity index (χ2v) is 10.3. The number of halogens is 1. The third-order valence-electron chi connectivity index (χ3n) is 5.33. The van der Waals surface area contributed by atoms with Gasteiger partial charge in [0.05, 0.1) is 6.16 Å². The topological polar surface area (TPSA) is 46.5 Å². The monoisotopic (exact) mass is 410 g/mol. The van der Waals surface area contributed by atoms with Gasteiger partial charge in [0, 0.05) is 13.5 Å². The standard InChI is InChI=1S/C21H45FNO3P/c1-4-5-6-7-8-9-10-11-12-13-14-15-16-17-19-23(2,22)20-18-21-27(24,25)26-3/h4-21H2,1-3H3/p+1. The first-order chi connectivity index (χ1) is 12.8. The molecule has 0 aromatic rings. The summed E-state index contributed by atoms with van der Waals surface area (Å²) in [6.45, 7) is 3.02. The zero-order valence-corrected chi connectivity index (χ0v) is 19.2. The van der Waals surface area contributed by atoms with Gasteiger partial charge < -0.3 is 9.42 Å². The molecule has 0 aliphatic carbocycles. The highest BCUT2D eigenvalue weighted by atomic mass is 31.2. The number of hydrogen-bond donors (Lipinski definition) is 1. The van der Waals surface area contributed by atoms with Crippen LogP contribution in [0.1, 0.15) is 103 Å². The second kappa shape index (κ2) is 16.9. The van der Waals surface area contributed by atoms with Crippen LogP contribution in [0.25, 0.3) is 0 Å². The van der Waals surface area contributed by atoms with E-state index in [1.54, 1.807) is 7.05 Å². The Morgan fingerprint density at radius 3 is 1.56 bits per heavy atom. The Kier molecular flexibility index (Phi) is 17.0. The molecule has 27 heavy (non-hydrogen) atoms. The molecule has 0 aliphatic rings. The van der Waals surface area contributed by atoms with E-state index in [0.717, 1.165) is 12.8 Å². The minimum Gasteiger partial charge on any atom is -0.324 e. The van der Waals surface area contributed by atoms with Gasteiger partial charge >= 0.3 is 7.60 Å². The van der Waals surface area contributed by atoms with Crippen molar-refractivity contribution in [3.05, 3.63) is 0 Å². The lowest BCUT2D eigenvalue weighted by Crippen LogP contribution is -2.37. The number of nitrogens with zero attached hydrogens (tertiary/aromatic N) is 1. The predicted octanol–water partition coefficient (Wildman–Crippen LogP) is 7.02. The summed E-state index contributed by atoms with van der Waals surface area (Å²) in [6.07, 6.45) is 18.5. The third-order valence-corrected chi connectivity index (χ3v) is 6.78. The van der Waals surface area contributed by atoms with Crippen LogP contribution < -0.4 is 0 Å². The van der Waals surface area contributed by atoms with E-state index in [9.17, 15) is 13.9 Å². The van der Waals surface area contributed by atoms with Gasteiger partial charge in [-0.15, -0.1) is 4.71 Å². The molecule has 2 atom stereocenters. The first-order valence-electron chi connectivity index (χ1n) is 11.2. The van der Waals surface area contributed by atoms with Crippen molar-refractivity contribution in [2.24, 2.45) is 0 Å². The minimum atomic E-state index is -3.50. The summed E-state index contributed by atoms with van der Waals surface area (Å²) in [5, 5.41) is 0. The van der Waals surface area contributed by atoms with Gasteiger partial charge in [0.2, 0.25) is 0 Å². The molecule has 1 N–H and O–H groups in total. The Hall–Kier alpha value is 0.0400. The molecule has 0 aromatic carbocycles. The average molecular weight is 411 g/mol. The van der Waals surface area contributed by atoms with Gasteiger partial charge in [-0.3, -0.25) is 4.57 Å². The highest BCUT2D eigenvalue weighted by molar-refractivity contribution is 7.52. The van der Waals surface area contributed by atoms with Crippen LogP contribution in [0.2, 0.25) is 0 Å². The van der Waals surface area contributed by atoms with Crippen molar-refractivity contribution in [1.29, 1.82) is 0 Å². The summed E-state index contributed by atoms with van der Waals surface area (Å²) in [7, 11) is -0.724. The number of rotatable bonds is 20. The lowest BCUT2D eigenvalue weighted by atomic mass is 10.0. The normalized spacial score (nSPS) is 16.2. The van der Waals surface area contributed by atoms with E-state index in [2.05, 4.69) is 11.4 Å². The lowest BCUT2D eigenvalue weighted by molar-refractivity contribution is -1.04. The zero-order chi connectivity index (χ0) is 20.4. The summed E-state index contributed by atoms with van der Waals surface area (Å²) in [5.74, 6) is 0. The fourth-order valence-electron chi connectivity index (χ4n) is 3.44. The molecule has 0 aromatic heterocycles. The highest BCUT2D eigenvalue weighted by Crippen LogP contribution is 2.41. The van der Waals surface area contributed by atoms with Gasteiger partial charge in [0.15, 0.2) is 0 Å². The molecule has 0 amide bonds. The van der Waals surface area contributed by atoms with Crippen LogP contribution in [0.15, 0.2) is 0 Å². The van der Waals surface area contributed by atoms with Crippen molar-refractivity contribution < 1.29 is 23.2 Å². The predicted molar refractivity (Wildman–Crippen MR) is 114 cm³/mol. The molecule has 0 saturated heterocycles. The molecule has 0 fully saturated rings. The van der Waals surface area contributed by atoms with Crippen molar-refractivity contribution in [2.45, 2.75) is 103 Å². The van der Waals surface area contributed by atoms with Gasteiger partial charge in [-0.2, -0.15) is 0 Å². The van der Waals surface area contributed by atoms with Gasteiger partial charge in [0.25, 0.3) is 0 Å². The smallest absolute Gasteiger partial charge is 0.324 e. The molecule has 0 bridgehead atoms. The van der Waals surface area contributed by atoms with Crippen molar-refractivity contribution in [2.75, 3.05) is 33.4 Å². The molecule has 0 radical (unpaired) electrons. The molecular formula is C21H46FNO3P+. The molecule has 0 rings (SSSR count).